The van der Waals surface area contributed by atoms with Gasteiger partial charge in [-0.3, -0.25) is 0 Å². The molecule has 0 bridgehead atoms. The van der Waals surface area contributed by atoms with Gasteiger partial charge in [0.1, 0.15) is 0 Å². The van der Waals surface area contributed by atoms with Crippen LogP contribution in [0.15, 0.2) is 77.0 Å². The van der Waals surface area contributed by atoms with Gasteiger partial charge in [-0.15, -0.1) is 0 Å². The summed E-state index contributed by atoms with van der Waals surface area (Å²) in [6.45, 7) is 1.93. The van der Waals surface area contributed by atoms with Crippen molar-refractivity contribution in [2.45, 2.75) is 11.8 Å². The zero-order valence-corrected chi connectivity index (χ0v) is 13.0. The molecule has 0 aliphatic heterocycles. The van der Waals surface area contributed by atoms with E-state index in [1.54, 1.807) is 30.3 Å². The minimum atomic E-state index is -3.42. The van der Waals surface area contributed by atoms with E-state index >= 15 is 0 Å². The van der Waals surface area contributed by atoms with E-state index in [0.29, 0.717) is 4.90 Å². The van der Waals surface area contributed by atoms with Crippen molar-refractivity contribution in [3.05, 3.63) is 83.3 Å². The Morgan fingerprint density at radius 3 is 2.27 bits per heavy atom. The second kappa shape index (κ2) is 5.78. The lowest BCUT2D eigenvalue weighted by molar-refractivity contribution is 0.605. The molecule has 0 saturated carbocycles. The Balaban J connectivity index is 2.00. The van der Waals surface area contributed by atoms with Gasteiger partial charge in [0.05, 0.1) is 4.90 Å². The van der Waals surface area contributed by atoms with Crippen molar-refractivity contribution in [1.29, 1.82) is 0 Å². The van der Waals surface area contributed by atoms with E-state index in [0.717, 1.165) is 21.9 Å². The average Bonchev–Trinajstić information content (AvgIpc) is 2.53. The second-order valence-corrected chi connectivity index (χ2v) is 7.06. The molecule has 0 fully saturated rings. The Morgan fingerprint density at radius 2 is 1.50 bits per heavy atom. The molecule has 0 aliphatic carbocycles. The molecule has 3 aromatic carbocycles. The summed E-state index contributed by atoms with van der Waals surface area (Å²) in [7, 11) is -3.42. The van der Waals surface area contributed by atoms with E-state index in [9.17, 15) is 8.42 Å². The molecule has 3 heteroatoms. The normalized spacial score (nSPS) is 12.0. The maximum Gasteiger partial charge on any atom is 0.199 e. The maximum absolute atomic E-state index is 12.4. The zero-order chi connectivity index (χ0) is 15.6. The molecule has 0 spiro atoms. The van der Waals surface area contributed by atoms with Gasteiger partial charge in [0.25, 0.3) is 0 Å². The molecule has 0 unspecified atom stereocenters. The van der Waals surface area contributed by atoms with Gasteiger partial charge in [0, 0.05) is 5.41 Å². The van der Waals surface area contributed by atoms with Crippen molar-refractivity contribution in [2.75, 3.05) is 0 Å². The number of hydrogen-bond donors (Lipinski definition) is 0. The molecule has 0 saturated heterocycles. The summed E-state index contributed by atoms with van der Waals surface area (Å²) in [6, 6.07) is 20.7. The molecule has 22 heavy (non-hydrogen) atoms. The summed E-state index contributed by atoms with van der Waals surface area (Å²) in [5.41, 5.74) is 1.94. The van der Waals surface area contributed by atoms with Crippen LogP contribution in [0.25, 0.3) is 16.8 Å². The molecule has 2 nitrogen and oxygen atoms in total. The standard InChI is InChI=1S/C19H16O2S/c1-15-9-11-18(12-10-15)22(20,21)14-13-17-7-4-6-16-5-2-3-8-19(16)17/h2-14H,1H3. The number of hydrogen-bond acceptors (Lipinski definition) is 2. The second-order valence-electron chi connectivity index (χ2n) is 5.23. The lowest BCUT2D eigenvalue weighted by Gasteiger charge is -2.03. The molecular formula is C19H16O2S. The smallest absolute Gasteiger partial charge is 0.199 e. The Morgan fingerprint density at radius 1 is 0.818 bits per heavy atom. The topological polar surface area (TPSA) is 34.1 Å². The first-order valence-corrected chi connectivity index (χ1v) is 8.58. The first-order chi connectivity index (χ1) is 10.6. The van der Waals surface area contributed by atoms with Gasteiger partial charge >= 0.3 is 0 Å². The van der Waals surface area contributed by atoms with Gasteiger partial charge in [-0.1, -0.05) is 60.2 Å². The Bertz CT molecular complexity index is 931. The fourth-order valence-electron chi connectivity index (χ4n) is 2.37. The van der Waals surface area contributed by atoms with E-state index in [1.807, 2.05) is 49.4 Å². The van der Waals surface area contributed by atoms with E-state index in [-0.39, 0.29) is 0 Å². The number of rotatable bonds is 3. The summed E-state index contributed by atoms with van der Waals surface area (Å²) < 4.78 is 24.7. The van der Waals surface area contributed by atoms with Crippen LogP contribution in [-0.4, -0.2) is 8.42 Å². The van der Waals surface area contributed by atoms with Crippen LogP contribution >= 0.6 is 0 Å². The lowest BCUT2D eigenvalue weighted by atomic mass is 10.1. The highest BCUT2D eigenvalue weighted by Crippen LogP contribution is 2.21. The van der Waals surface area contributed by atoms with E-state index < -0.39 is 9.84 Å². The fourth-order valence-corrected chi connectivity index (χ4v) is 3.36. The summed E-state index contributed by atoms with van der Waals surface area (Å²) in [4.78, 5) is 0.314. The van der Waals surface area contributed by atoms with Crippen LogP contribution in [-0.2, 0) is 9.84 Å². The van der Waals surface area contributed by atoms with Crippen molar-refractivity contribution < 1.29 is 8.42 Å². The molecule has 0 heterocycles. The number of fused-ring (bicyclic) bond motifs is 1. The van der Waals surface area contributed by atoms with Crippen molar-refractivity contribution >= 4 is 26.7 Å². The lowest BCUT2D eigenvalue weighted by Crippen LogP contribution is -1.95. The van der Waals surface area contributed by atoms with Gasteiger partial charge in [-0.25, -0.2) is 8.42 Å². The molecule has 0 atom stereocenters. The quantitative estimate of drug-likeness (QED) is 0.709. The van der Waals surface area contributed by atoms with Crippen molar-refractivity contribution in [1.82, 2.24) is 0 Å². The number of aryl methyl sites for hydroxylation is 1. The van der Waals surface area contributed by atoms with Crippen LogP contribution in [0, 0.1) is 6.92 Å². The van der Waals surface area contributed by atoms with Crippen molar-refractivity contribution in [3.63, 3.8) is 0 Å². The van der Waals surface area contributed by atoms with Crippen molar-refractivity contribution in [3.8, 4) is 0 Å². The van der Waals surface area contributed by atoms with Gasteiger partial charge in [0.2, 0.25) is 0 Å². The van der Waals surface area contributed by atoms with Crippen molar-refractivity contribution in [2.24, 2.45) is 0 Å². The zero-order valence-electron chi connectivity index (χ0n) is 12.2. The average molecular weight is 308 g/mol. The predicted molar refractivity (Wildman–Crippen MR) is 91.3 cm³/mol. The van der Waals surface area contributed by atoms with Crippen LogP contribution in [0.5, 0.6) is 0 Å². The Hall–Kier alpha value is -2.39. The molecule has 0 amide bonds. The molecule has 0 aliphatic rings. The minimum Gasteiger partial charge on any atom is -0.219 e. The van der Waals surface area contributed by atoms with Crippen LogP contribution in [0.2, 0.25) is 0 Å². The fraction of sp³-hybridized carbons (Fsp3) is 0.0526. The number of benzene rings is 3. The third-order valence-corrected chi connectivity index (χ3v) is 5.02. The van der Waals surface area contributed by atoms with Gasteiger partial charge in [-0.05, 0) is 41.5 Å². The minimum absolute atomic E-state index is 0.314. The van der Waals surface area contributed by atoms with E-state index in [4.69, 9.17) is 0 Å². The molecule has 0 N–H and O–H groups in total. The highest BCUT2D eigenvalue weighted by molar-refractivity contribution is 7.94. The van der Waals surface area contributed by atoms with E-state index in [1.165, 1.54) is 5.41 Å². The summed E-state index contributed by atoms with van der Waals surface area (Å²) in [5, 5.41) is 3.41. The molecular weight excluding hydrogens is 292 g/mol. The monoisotopic (exact) mass is 308 g/mol. The maximum atomic E-state index is 12.4. The molecule has 110 valence electrons. The Labute approximate surface area is 130 Å². The van der Waals surface area contributed by atoms with Gasteiger partial charge in [-0.2, -0.15) is 0 Å². The molecule has 3 rings (SSSR count). The first kappa shape index (κ1) is 14.5. The summed E-state index contributed by atoms with van der Waals surface area (Å²) in [6.07, 6.45) is 1.66. The predicted octanol–water partition coefficient (Wildman–Crippen LogP) is 4.59. The third kappa shape index (κ3) is 2.95. The summed E-state index contributed by atoms with van der Waals surface area (Å²) in [5.74, 6) is 0. The number of sulfone groups is 1. The molecule has 3 aromatic rings. The molecule has 0 radical (unpaired) electrons. The van der Waals surface area contributed by atoms with Gasteiger partial charge in [0.15, 0.2) is 9.84 Å². The van der Waals surface area contributed by atoms with Crippen LogP contribution < -0.4 is 0 Å². The van der Waals surface area contributed by atoms with Crippen LogP contribution in [0.3, 0.4) is 0 Å². The third-order valence-electron chi connectivity index (χ3n) is 3.60. The summed E-state index contributed by atoms with van der Waals surface area (Å²) >= 11 is 0. The molecule has 0 aromatic heterocycles. The van der Waals surface area contributed by atoms with Crippen LogP contribution in [0.1, 0.15) is 11.1 Å². The Kier molecular flexibility index (Phi) is 3.82. The SMILES string of the molecule is Cc1ccc(S(=O)(=O)C=Cc2cccc3ccccc23)cc1. The van der Waals surface area contributed by atoms with Crippen LogP contribution in [0.4, 0.5) is 0 Å². The highest BCUT2D eigenvalue weighted by Gasteiger charge is 2.09. The van der Waals surface area contributed by atoms with E-state index in [2.05, 4.69) is 0 Å². The largest absolute Gasteiger partial charge is 0.219 e. The first-order valence-electron chi connectivity index (χ1n) is 7.04. The van der Waals surface area contributed by atoms with Gasteiger partial charge < -0.3 is 0 Å². The highest BCUT2D eigenvalue weighted by atomic mass is 32.2.